The summed E-state index contributed by atoms with van der Waals surface area (Å²) in [5.74, 6) is -0.562. The van der Waals surface area contributed by atoms with Gasteiger partial charge in [0.15, 0.2) is 0 Å². The maximum absolute atomic E-state index is 10.9. The molecule has 1 saturated heterocycles. The lowest BCUT2D eigenvalue weighted by Gasteiger charge is -2.23. The lowest BCUT2D eigenvalue weighted by molar-refractivity contribution is -0.115. The number of hydrogen-bond acceptors (Lipinski definition) is 4. The molecule has 1 atom stereocenters. The minimum Gasteiger partial charge on any atom is -0.336 e. The lowest BCUT2D eigenvalue weighted by atomic mass is 10.1. The van der Waals surface area contributed by atoms with Gasteiger partial charge in [0.05, 0.1) is 6.17 Å². The fourth-order valence-electron chi connectivity index (χ4n) is 1.27. The van der Waals surface area contributed by atoms with E-state index >= 15 is 0 Å². The van der Waals surface area contributed by atoms with Crippen LogP contribution < -0.4 is 10.6 Å². The fourth-order valence-corrected chi connectivity index (χ4v) is 1.51. The third kappa shape index (κ3) is 4.05. The topological polar surface area (TPSA) is 75.3 Å². The van der Waals surface area contributed by atoms with E-state index in [1.807, 2.05) is 0 Å². The predicted molar refractivity (Wildman–Crippen MR) is 48.8 cm³/mol. The van der Waals surface area contributed by atoms with Gasteiger partial charge in [0, 0.05) is 0 Å². The van der Waals surface area contributed by atoms with Crippen LogP contribution in [0.15, 0.2) is 0 Å². The van der Waals surface area contributed by atoms with E-state index < -0.39 is 16.2 Å². The molecule has 0 aromatic rings. The summed E-state index contributed by atoms with van der Waals surface area (Å²) in [5, 5.41) is 6.26. The summed E-state index contributed by atoms with van der Waals surface area (Å²) in [6, 6.07) is 0. The molecular weight excluding hydrogens is 192 g/mol. The summed E-state index contributed by atoms with van der Waals surface area (Å²) in [6.07, 6.45) is 2.92. The second-order valence-electron chi connectivity index (χ2n) is 2.89. The van der Waals surface area contributed by atoms with Crippen molar-refractivity contribution in [3.05, 3.63) is 0 Å². The van der Waals surface area contributed by atoms with Crippen molar-refractivity contribution >= 4 is 21.6 Å². The molecule has 13 heavy (non-hydrogen) atoms. The van der Waals surface area contributed by atoms with Crippen molar-refractivity contribution < 1.29 is 13.2 Å². The van der Waals surface area contributed by atoms with Gasteiger partial charge in [0.2, 0.25) is 10.3 Å². The van der Waals surface area contributed by atoms with Gasteiger partial charge in [-0.3, -0.25) is 10.1 Å². The Morgan fingerprint density at radius 2 is 2.23 bits per heavy atom. The highest BCUT2D eigenvalue weighted by molar-refractivity contribution is 7.73. The molecule has 0 bridgehead atoms. The van der Waals surface area contributed by atoms with E-state index in [0.717, 1.165) is 25.8 Å². The molecule has 2 N–H and O–H groups in total. The summed E-state index contributed by atoms with van der Waals surface area (Å²) in [4.78, 5) is 10.9. The van der Waals surface area contributed by atoms with Crippen molar-refractivity contribution in [2.75, 3.05) is 6.54 Å². The van der Waals surface area contributed by atoms with Crippen LogP contribution in [0, 0.1) is 0 Å². The van der Waals surface area contributed by atoms with Crippen molar-refractivity contribution in [3.63, 3.8) is 0 Å². The Hall–Kier alpha value is -0.880. The number of carbonyl (C=O) groups is 1. The third-order valence-corrected chi connectivity index (χ3v) is 2.24. The van der Waals surface area contributed by atoms with E-state index in [0.29, 0.717) is 5.37 Å². The number of amides is 1. The average molecular weight is 204 g/mol. The molecule has 6 heteroatoms. The van der Waals surface area contributed by atoms with E-state index in [1.54, 1.807) is 0 Å². The molecule has 0 spiro atoms. The Morgan fingerprint density at radius 1 is 1.46 bits per heavy atom. The summed E-state index contributed by atoms with van der Waals surface area (Å²) < 4.78 is 20.2. The Morgan fingerprint density at radius 3 is 2.77 bits per heavy atom. The van der Waals surface area contributed by atoms with Crippen molar-refractivity contribution in [1.82, 2.24) is 10.6 Å². The highest BCUT2D eigenvalue weighted by Crippen LogP contribution is 2.03. The normalized spacial score (nSPS) is 22.0. The van der Waals surface area contributed by atoms with E-state index in [9.17, 15) is 13.2 Å². The second-order valence-corrected chi connectivity index (χ2v) is 3.65. The first kappa shape index (κ1) is 10.2. The molecule has 5 nitrogen and oxygen atoms in total. The SMILES string of the molecule is O=C(C=S(=O)=O)NC1CCCCN1. The van der Waals surface area contributed by atoms with Gasteiger partial charge in [0.25, 0.3) is 5.91 Å². The van der Waals surface area contributed by atoms with Crippen molar-refractivity contribution in [1.29, 1.82) is 0 Å². The van der Waals surface area contributed by atoms with Crippen molar-refractivity contribution in [2.45, 2.75) is 25.4 Å². The van der Waals surface area contributed by atoms with Gasteiger partial charge >= 0.3 is 0 Å². The van der Waals surface area contributed by atoms with Gasteiger partial charge in [-0.2, -0.15) is 8.42 Å². The number of piperidine rings is 1. The molecular formula is C7H12N2O3S. The summed E-state index contributed by atoms with van der Waals surface area (Å²) in [6.45, 7) is 0.866. The molecule has 0 aromatic carbocycles. The first-order valence-electron chi connectivity index (χ1n) is 4.15. The lowest BCUT2D eigenvalue weighted by Crippen LogP contribution is -2.48. The minimum atomic E-state index is -2.41. The molecule has 1 unspecified atom stereocenters. The fraction of sp³-hybridized carbons (Fsp3) is 0.714. The maximum Gasteiger partial charge on any atom is 0.260 e. The zero-order valence-corrected chi connectivity index (χ0v) is 7.93. The predicted octanol–water partition coefficient (Wildman–Crippen LogP) is -1.12. The molecule has 0 radical (unpaired) electrons. The van der Waals surface area contributed by atoms with Gasteiger partial charge in [-0.25, -0.2) is 0 Å². The van der Waals surface area contributed by atoms with Crippen LogP contribution in [-0.2, 0) is 15.1 Å². The van der Waals surface area contributed by atoms with Crippen LogP contribution in [-0.4, -0.2) is 32.4 Å². The Kier molecular flexibility index (Phi) is 3.91. The molecule has 1 aliphatic rings. The van der Waals surface area contributed by atoms with Crippen LogP contribution in [0.3, 0.4) is 0 Å². The number of rotatable bonds is 2. The quantitative estimate of drug-likeness (QED) is 0.559. The molecule has 74 valence electrons. The van der Waals surface area contributed by atoms with Crippen LogP contribution in [0.25, 0.3) is 0 Å². The average Bonchev–Trinajstić information content (AvgIpc) is 2.04. The second kappa shape index (κ2) is 4.98. The minimum absolute atomic E-state index is 0.0824. The molecule has 1 fully saturated rings. The van der Waals surface area contributed by atoms with Crippen molar-refractivity contribution in [2.24, 2.45) is 0 Å². The smallest absolute Gasteiger partial charge is 0.260 e. The standard InChI is InChI=1S/C7H12N2O3S/c10-7(5-13(11)12)9-6-3-1-2-4-8-6/h5-6,8H,1-4H2,(H,9,10). The first-order chi connectivity index (χ1) is 6.18. The van der Waals surface area contributed by atoms with Gasteiger partial charge in [0.1, 0.15) is 5.37 Å². The van der Waals surface area contributed by atoms with E-state index in [1.165, 1.54) is 0 Å². The first-order valence-corrected chi connectivity index (χ1v) is 5.29. The van der Waals surface area contributed by atoms with E-state index in [2.05, 4.69) is 10.6 Å². The van der Waals surface area contributed by atoms with Gasteiger partial charge in [-0.1, -0.05) is 0 Å². The van der Waals surface area contributed by atoms with E-state index in [-0.39, 0.29) is 6.17 Å². The van der Waals surface area contributed by atoms with E-state index in [4.69, 9.17) is 0 Å². The maximum atomic E-state index is 10.9. The van der Waals surface area contributed by atoms with Crippen LogP contribution in [0.2, 0.25) is 0 Å². The van der Waals surface area contributed by atoms with Crippen LogP contribution in [0.5, 0.6) is 0 Å². The van der Waals surface area contributed by atoms with Crippen LogP contribution in [0.1, 0.15) is 19.3 Å². The molecule has 0 saturated carbocycles. The van der Waals surface area contributed by atoms with Crippen LogP contribution in [0.4, 0.5) is 0 Å². The van der Waals surface area contributed by atoms with Gasteiger partial charge < -0.3 is 5.32 Å². The Labute approximate surface area is 78.0 Å². The molecule has 1 aliphatic heterocycles. The Balaban J connectivity index is 2.39. The van der Waals surface area contributed by atoms with Gasteiger partial charge in [-0.05, 0) is 25.8 Å². The number of nitrogens with one attached hydrogen (secondary N) is 2. The zero-order valence-electron chi connectivity index (χ0n) is 7.12. The summed E-state index contributed by atoms with van der Waals surface area (Å²) in [5.41, 5.74) is 0. The summed E-state index contributed by atoms with van der Waals surface area (Å²) in [7, 11) is -2.41. The monoisotopic (exact) mass is 204 g/mol. The van der Waals surface area contributed by atoms with Crippen LogP contribution >= 0.6 is 0 Å². The molecule has 0 aromatic heterocycles. The Bertz CT molecular complexity index is 296. The van der Waals surface area contributed by atoms with Crippen molar-refractivity contribution in [3.8, 4) is 0 Å². The highest BCUT2D eigenvalue weighted by atomic mass is 32.2. The molecule has 0 aliphatic carbocycles. The number of carbonyl (C=O) groups excluding carboxylic acids is 1. The zero-order chi connectivity index (χ0) is 9.68. The molecule has 1 rings (SSSR count). The molecule has 1 amide bonds. The largest absolute Gasteiger partial charge is 0.336 e. The summed E-state index contributed by atoms with van der Waals surface area (Å²) >= 11 is 0. The highest BCUT2D eigenvalue weighted by Gasteiger charge is 2.13. The third-order valence-electron chi connectivity index (χ3n) is 1.83. The molecule has 1 heterocycles. The number of hydrogen-bond donors (Lipinski definition) is 2. The van der Waals surface area contributed by atoms with Gasteiger partial charge in [-0.15, -0.1) is 0 Å².